The number of hydrogen-bond donors (Lipinski definition) is 2. The van der Waals surface area contributed by atoms with Gasteiger partial charge in [-0.1, -0.05) is 41.4 Å². The maximum atomic E-state index is 12.3. The average molecular weight is 384 g/mol. The molecule has 3 rings (SSSR count). The van der Waals surface area contributed by atoms with Crippen LogP contribution in [0.25, 0.3) is 0 Å². The summed E-state index contributed by atoms with van der Waals surface area (Å²) >= 11 is 12.2. The summed E-state index contributed by atoms with van der Waals surface area (Å²) in [7, 11) is 0. The van der Waals surface area contributed by atoms with Crippen molar-refractivity contribution in [2.45, 2.75) is 0 Å². The van der Waals surface area contributed by atoms with Gasteiger partial charge in [0.05, 0.1) is 39.4 Å². The summed E-state index contributed by atoms with van der Waals surface area (Å²) < 4.78 is 0. The van der Waals surface area contributed by atoms with Gasteiger partial charge in [-0.05, 0) is 24.3 Å². The lowest BCUT2D eigenvalue weighted by atomic mass is 10.2. The van der Waals surface area contributed by atoms with Crippen molar-refractivity contribution in [3.05, 3.63) is 76.2 Å². The molecule has 0 aliphatic rings. The largest absolute Gasteiger partial charge is 0.337 e. The lowest BCUT2D eigenvalue weighted by Crippen LogP contribution is -2.15. The van der Waals surface area contributed by atoms with Crippen LogP contribution in [0.15, 0.2) is 54.9 Å². The smallest absolute Gasteiger partial charge is 0.275 e. The van der Waals surface area contributed by atoms with Crippen molar-refractivity contribution in [2.24, 2.45) is 0 Å². The third-order valence-electron chi connectivity index (χ3n) is 3.40. The van der Waals surface area contributed by atoms with Gasteiger partial charge in [-0.3, -0.25) is 4.79 Å². The first-order valence-corrected chi connectivity index (χ1v) is 8.17. The number of nitriles is 1. The summed E-state index contributed by atoms with van der Waals surface area (Å²) in [4.78, 5) is 20.5. The third kappa shape index (κ3) is 3.91. The van der Waals surface area contributed by atoms with E-state index in [-0.39, 0.29) is 5.69 Å². The average Bonchev–Trinajstić information content (AvgIpc) is 2.66. The molecule has 1 heterocycles. The molecular formula is C18H11Cl2N5O. The fourth-order valence-corrected chi connectivity index (χ4v) is 2.62. The number of nitrogens with one attached hydrogen (secondary N) is 2. The molecule has 26 heavy (non-hydrogen) atoms. The molecule has 128 valence electrons. The molecule has 2 N–H and O–H groups in total. The van der Waals surface area contributed by atoms with Crippen LogP contribution in [0.4, 0.5) is 17.2 Å². The summed E-state index contributed by atoms with van der Waals surface area (Å²) in [6.07, 6.45) is 2.71. The highest BCUT2D eigenvalue weighted by atomic mass is 35.5. The first-order valence-electron chi connectivity index (χ1n) is 7.42. The Morgan fingerprint density at radius 1 is 1.00 bits per heavy atom. The van der Waals surface area contributed by atoms with E-state index in [1.54, 1.807) is 42.5 Å². The molecule has 1 amide bonds. The molecule has 6 nitrogen and oxygen atoms in total. The van der Waals surface area contributed by atoms with Crippen LogP contribution in [-0.2, 0) is 0 Å². The van der Waals surface area contributed by atoms with Gasteiger partial charge in [0.15, 0.2) is 0 Å². The van der Waals surface area contributed by atoms with Crippen molar-refractivity contribution in [1.29, 1.82) is 5.26 Å². The summed E-state index contributed by atoms with van der Waals surface area (Å²) in [5, 5.41) is 15.5. The number of hydrogen-bond acceptors (Lipinski definition) is 5. The van der Waals surface area contributed by atoms with Crippen LogP contribution in [0.5, 0.6) is 0 Å². The van der Waals surface area contributed by atoms with Crippen molar-refractivity contribution in [2.75, 3.05) is 10.6 Å². The Hall–Kier alpha value is -3.14. The van der Waals surface area contributed by atoms with E-state index >= 15 is 0 Å². The molecule has 0 spiro atoms. The quantitative estimate of drug-likeness (QED) is 0.683. The van der Waals surface area contributed by atoms with Gasteiger partial charge in [-0.25, -0.2) is 9.97 Å². The Bertz CT molecular complexity index is 979. The SMILES string of the molecule is N#Cc1ccccc1NC(=O)c1cnc(Nc2c(Cl)cccc2Cl)cn1. The van der Waals surface area contributed by atoms with Gasteiger partial charge >= 0.3 is 0 Å². The number of rotatable bonds is 4. The predicted molar refractivity (Wildman–Crippen MR) is 101 cm³/mol. The fourth-order valence-electron chi connectivity index (χ4n) is 2.13. The molecule has 0 aliphatic carbocycles. The number of halogens is 2. The van der Waals surface area contributed by atoms with Crippen molar-refractivity contribution in [3.8, 4) is 6.07 Å². The number of carbonyl (C=O) groups is 1. The Balaban J connectivity index is 1.75. The highest BCUT2D eigenvalue weighted by Gasteiger charge is 2.12. The van der Waals surface area contributed by atoms with Gasteiger partial charge in [0, 0.05) is 0 Å². The van der Waals surface area contributed by atoms with Crippen LogP contribution < -0.4 is 10.6 Å². The molecule has 0 fully saturated rings. The van der Waals surface area contributed by atoms with Gasteiger partial charge in [0.1, 0.15) is 17.6 Å². The monoisotopic (exact) mass is 383 g/mol. The van der Waals surface area contributed by atoms with Crippen LogP contribution in [0.1, 0.15) is 16.1 Å². The van der Waals surface area contributed by atoms with Gasteiger partial charge in [-0.15, -0.1) is 0 Å². The third-order valence-corrected chi connectivity index (χ3v) is 4.03. The maximum Gasteiger partial charge on any atom is 0.275 e. The van der Waals surface area contributed by atoms with E-state index in [1.165, 1.54) is 12.4 Å². The van der Waals surface area contributed by atoms with Gasteiger partial charge in [-0.2, -0.15) is 5.26 Å². The van der Waals surface area contributed by atoms with Crippen LogP contribution in [-0.4, -0.2) is 15.9 Å². The van der Waals surface area contributed by atoms with Gasteiger partial charge < -0.3 is 10.6 Å². The molecule has 8 heteroatoms. The highest BCUT2D eigenvalue weighted by Crippen LogP contribution is 2.31. The molecule has 0 bridgehead atoms. The van der Waals surface area contributed by atoms with E-state index in [9.17, 15) is 4.79 Å². The minimum Gasteiger partial charge on any atom is -0.337 e. The molecule has 3 aromatic rings. The van der Waals surface area contributed by atoms with E-state index in [1.807, 2.05) is 6.07 Å². The van der Waals surface area contributed by atoms with Crippen LogP contribution >= 0.6 is 23.2 Å². The standard InChI is InChI=1S/C18H11Cl2N5O/c19-12-5-3-6-13(20)17(12)25-16-10-22-15(9-23-16)18(26)24-14-7-2-1-4-11(14)8-21/h1-7,9-10H,(H,23,25)(H,24,26). The van der Waals surface area contributed by atoms with Gasteiger partial charge in [0.2, 0.25) is 0 Å². The van der Waals surface area contributed by atoms with E-state index < -0.39 is 5.91 Å². The first-order chi connectivity index (χ1) is 12.6. The summed E-state index contributed by atoms with van der Waals surface area (Å²) in [5.74, 6) is -0.0866. The second-order valence-electron chi connectivity index (χ2n) is 5.12. The zero-order valence-electron chi connectivity index (χ0n) is 13.2. The number of amides is 1. The van der Waals surface area contributed by atoms with E-state index in [0.717, 1.165) is 0 Å². The second kappa shape index (κ2) is 7.83. The van der Waals surface area contributed by atoms with Crippen LogP contribution in [0.2, 0.25) is 10.0 Å². The second-order valence-corrected chi connectivity index (χ2v) is 5.93. The zero-order valence-corrected chi connectivity index (χ0v) is 14.7. The lowest BCUT2D eigenvalue weighted by molar-refractivity contribution is 0.102. The summed E-state index contributed by atoms with van der Waals surface area (Å²) in [5.41, 5.74) is 1.38. The summed E-state index contributed by atoms with van der Waals surface area (Å²) in [6.45, 7) is 0. The Labute approximate surface area is 159 Å². The Kier molecular flexibility index (Phi) is 5.32. The molecule has 0 unspecified atom stereocenters. The highest BCUT2D eigenvalue weighted by molar-refractivity contribution is 6.39. The number of para-hydroxylation sites is 2. The molecular weight excluding hydrogens is 373 g/mol. The predicted octanol–water partition coefficient (Wildman–Crippen LogP) is 4.65. The van der Waals surface area contributed by atoms with Gasteiger partial charge in [0.25, 0.3) is 5.91 Å². The Morgan fingerprint density at radius 2 is 1.73 bits per heavy atom. The van der Waals surface area contributed by atoms with Crippen molar-refractivity contribution >= 4 is 46.3 Å². The molecule has 0 aliphatic heterocycles. The normalized spacial score (nSPS) is 10.0. The number of aromatic nitrogens is 2. The first kappa shape index (κ1) is 17.7. The molecule has 0 saturated carbocycles. The van der Waals surface area contributed by atoms with E-state index in [4.69, 9.17) is 28.5 Å². The molecule has 1 aromatic heterocycles. The number of carbonyl (C=O) groups excluding carboxylic acids is 1. The van der Waals surface area contributed by atoms with Crippen LogP contribution in [0.3, 0.4) is 0 Å². The van der Waals surface area contributed by atoms with E-state index in [2.05, 4.69) is 20.6 Å². The lowest BCUT2D eigenvalue weighted by Gasteiger charge is -2.10. The van der Waals surface area contributed by atoms with E-state index in [0.29, 0.717) is 32.8 Å². The molecule has 0 atom stereocenters. The molecule has 2 aromatic carbocycles. The topological polar surface area (TPSA) is 90.7 Å². The zero-order chi connectivity index (χ0) is 18.5. The van der Waals surface area contributed by atoms with Crippen molar-refractivity contribution in [1.82, 2.24) is 9.97 Å². The fraction of sp³-hybridized carbons (Fsp3) is 0. The Morgan fingerprint density at radius 3 is 2.38 bits per heavy atom. The molecule has 0 radical (unpaired) electrons. The van der Waals surface area contributed by atoms with Crippen molar-refractivity contribution < 1.29 is 4.79 Å². The minimum atomic E-state index is -0.470. The number of benzene rings is 2. The summed E-state index contributed by atoms with van der Waals surface area (Å²) in [6, 6.07) is 13.8. The van der Waals surface area contributed by atoms with Crippen LogP contribution in [0, 0.1) is 11.3 Å². The number of anilines is 3. The van der Waals surface area contributed by atoms with Crippen molar-refractivity contribution in [3.63, 3.8) is 0 Å². The molecule has 0 saturated heterocycles. The minimum absolute atomic E-state index is 0.105. The number of nitrogens with zero attached hydrogens (tertiary/aromatic N) is 3. The maximum absolute atomic E-state index is 12.3.